The minimum atomic E-state index is -0.0940. The van der Waals surface area contributed by atoms with E-state index in [1.165, 1.54) is 0 Å². The van der Waals surface area contributed by atoms with Crippen LogP contribution in [-0.2, 0) is 0 Å². The maximum absolute atomic E-state index is 11.9. The third-order valence-corrected chi connectivity index (χ3v) is 3.38. The molecule has 0 spiro atoms. The number of pyridine rings is 1. The van der Waals surface area contributed by atoms with Crippen LogP contribution < -0.4 is 5.32 Å². The lowest BCUT2D eigenvalue weighted by Crippen LogP contribution is -2.43. The molecule has 0 radical (unpaired) electrons. The first-order chi connectivity index (χ1) is 8.31. The van der Waals surface area contributed by atoms with Gasteiger partial charge in [-0.15, -0.1) is 0 Å². The highest BCUT2D eigenvalue weighted by Crippen LogP contribution is 2.24. The van der Waals surface area contributed by atoms with Crippen molar-refractivity contribution in [2.24, 2.45) is 5.92 Å². The summed E-state index contributed by atoms with van der Waals surface area (Å²) < 4.78 is 0. The second kappa shape index (κ2) is 5.77. The third-order valence-electron chi connectivity index (χ3n) is 3.38. The highest BCUT2D eigenvalue weighted by Gasteiger charge is 2.25. The maximum atomic E-state index is 11.9. The van der Waals surface area contributed by atoms with Crippen molar-refractivity contribution >= 4 is 5.91 Å². The molecule has 92 valence electrons. The molecular formula is C13H18N2O2. The number of aliphatic hydroxyl groups excluding tert-OH is 1. The van der Waals surface area contributed by atoms with Crippen LogP contribution in [0.3, 0.4) is 0 Å². The van der Waals surface area contributed by atoms with Crippen LogP contribution in [0.4, 0.5) is 0 Å². The van der Waals surface area contributed by atoms with Crippen molar-refractivity contribution in [2.45, 2.75) is 31.7 Å². The molecule has 1 aliphatic carbocycles. The number of aliphatic hydroxyl groups is 1. The molecule has 2 atom stereocenters. The smallest absolute Gasteiger partial charge is 0.253 e. The van der Waals surface area contributed by atoms with E-state index in [9.17, 15) is 9.90 Å². The average Bonchev–Trinajstić information content (AvgIpc) is 2.40. The summed E-state index contributed by atoms with van der Waals surface area (Å²) >= 11 is 0. The number of hydrogen-bond donors (Lipinski definition) is 2. The van der Waals surface area contributed by atoms with Crippen LogP contribution >= 0.6 is 0 Å². The van der Waals surface area contributed by atoms with Gasteiger partial charge in [0.25, 0.3) is 5.91 Å². The molecule has 0 aromatic carbocycles. The molecule has 0 bridgehead atoms. The van der Waals surface area contributed by atoms with Crippen LogP contribution in [0.5, 0.6) is 0 Å². The van der Waals surface area contributed by atoms with E-state index in [1.807, 2.05) is 0 Å². The summed E-state index contributed by atoms with van der Waals surface area (Å²) in [7, 11) is 0. The first-order valence-corrected chi connectivity index (χ1v) is 6.13. The van der Waals surface area contributed by atoms with Crippen molar-refractivity contribution in [2.75, 3.05) is 6.61 Å². The molecule has 4 heteroatoms. The van der Waals surface area contributed by atoms with E-state index in [2.05, 4.69) is 10.3 Å². The molecule has 0 saturated heterocycles. The topological polar surface area (TPSA) is 62.2 Å². The van der Waals surface area contributed by atoms with Crippen molar-refractivity contribution < 1.29 is 9.90 Å². The van der Waals surface area contributed by atoms with E-state index in [-0.39, 0.29) is 24.5 Å². The fourth-order valence-electron chi connectivity index (χ4n) is 2.37. The van der Waals surface area contributed by atoms with Gasteiger partial charge >= 0.3 is 0 Å². The van der Waals surface area contributed by atoms with Gasteiger partial charge < -0.3 is 10.4 Å². The number of nitrogens with one attached hydrogen (secondary N) is 1. The van der Waals surface area contributed by atoms with Gasteiger partial charge in [-0.1, -0.05) is 12.8 Å². The van der Waals surface area contributed by atoms with Gasteiger partial charge in [-0.05, 0) is 25.0 Å². The van der Waals surface area contributed by atoms with Crippen LogP contribution in [0.15, 0.2) is 24.5 Å². The number of nitrogens with zero attached hydrogens (tertiary/aromatic N) is 1. The molecule has 1 fully saturated rings. The van der Waals surface area contributed by atoms with Gasteiger partial charge in [-0.3, -0.25) is 9.78 Å². The zero-order valence-corrected chi connectivity index (χ0v) is 9.80. The van der Waals surface area contributed by atoms with E-state index < -0.39 is 0 Å². The van der Waals surface area contributed by atoms with Crippen LogP contribution in [0, 0.1) is 5.92 Å². The second-order valence-corrected chi connectivity index (χ2v) is 4.55. The van der Waals surface area contributed by atoms with Crippen molar-refractivity contribution in [3.63, 3.8) is 0 Å². The second-order valence-electron chi connectivity index (χ2n) is 4.55. The molecule has 4 nitrogen and oxygen atoms in total. The summed E-state index contributed by atoms with van der Waals surface area (Å²) in [6, 6.07) is 3.60. The monoisotopic (exact) mass is 234 g/mol. The zero-order chi connectivity index (χ0) is 12.1. The Morgan fingerprint density at radius 3 is 3.00 bits per heavy atom. The Bertz CT molecular complexity index is 367. The minimum Gasteiger partial charge on any atom is -0.396 e. The Hall–Kier alpha value is -1.42. The molecule has 1 saturated carbocycles. The van der Waals surface area contributed by atoms with E-state index >= 15 is 0 Å². The lowest BCUT2D eigenvalue weighted by molar-refractivity contribution is 0.0872. The van der Waals surface area contributed by atoms with Gasteiger partial charge in [0, 0.05) is 31.0 Å². The summed E-state index contributed by atoms with van der Waals surface area (Å²) in [6.45, 7) is 0.151. The van der Waals surface area contributed by atoms with Gasteiger partial charge in [0.15, 0.2) is 0 Å². The Labute approximate surface area is 101 Å². The number of rotatable bonds is 3. The van der Waals surface area contributed by atoms with E-state index in [0.29, 0.717) is 5.56 Å². The molecule has 2 N–H and O–H groups in total. The normalized spacial score (nSPS) is 24.3. The van der Waals surface area contributed by atoms with Gasteiger partial charge in [0.1, 0.15) is 0 Å². The summed E-state index contributed by atoms with van der Waals surface area (Å²) in [6.07, 6.45) is 7.42. The van der Waals surface area contributed by atoms with E-state index in [4.69, 9.17) is 0 Å². The van der Waals surface area contributed by atoms with Gasteiger partial charge in [0.2, 0.25) is 0 Å². The summed E-state index contributed by atoms with van der Waals surface area (Å²) in [5.41, 5.74) is 0.578. The highest BCUT2D eigenvalue weighted by molar-refractivity contribution is 5.94. The van der Waals surface area contributed by atoms with Crippen molar-refractivity contribution in [3.05, 3.63) is 30.1 Å². The Balaban J connectivity index is 1.98. The Kier molecular flexibility index (Phi) is 4.09. The molecule has 1 aliphatic rings. The Morgan fingerprint density at radius 2 is 2.29 bits per heavy atom. The Morgan fingerprint density at radius 1 is 1.47 bits per heavy atom. The molecule has 1 amide bonds. The van der Waals surface area contributed by atoms with Crippen LogP contribution in [0.1, 0.15) is 36.0 Å². The number of carbonyl (C=O) groups is 1. The SMILES string of the molecule is O=C(NC1CCCCC1CO)c1cccnc1. The average molecular weight is 234 g/mol. The molecular weight excluding hydrogens is 216 g/mol. The predicted octanol–water partition coefficient (Wildman–Crippen LogP) is 1.36. The van der Waals surface area contributed by atoms with E-state index in [0.717, 1.165) is 25.7 Å². The maximum Gasteiger partial charge on any atom is 0.253 e. The third kappa shape index (κ3) is 3.03. The molecule has 0 aliphatic heterocycles. The van der Waals surface area contributed by atoms with Gasteiger partial charge in [-0.2, -0.15) is 0 Å². The highest BCUT2D eigenvalue weighted by atomic mass is 16.3. The predicted molar refractivity (Wildman–Crippen MR) is 64.5 cm³/mol. The molecule has 17 heavy (non-hydrogen) atoms. The molecule has 1 aromatic heterocycles. The minimum absolute atomic E-state index is 0.0940. The fourth-order valence-corrected chi connectivity index (χ4v) is 2.37. The van der Waals surface area contributed by atoms with Crippen LogP contribution in [-0.4, -0.2) is 28.6 Å². The van der Waals surface area contributed by atoms with Crippen molar-refractivity contribution in [1.82, 2.24) is 10.3 Å². The van der Waals surface area contributed by atoms with Gasteiger partial charge in [0.05, 0.1) is 5.56 Å². The van der Waals surface area contributed by atoms with Crippen LogP contribution in [0.2, 0.25) is 0 Å². The van der Waals surface area contributed by atoms with E-state index in [1.54, 1.807) is 24.5 Å². The van der Waals surface area contributed by atoms with Crippen LogP contribution in [0.25, 0.3) is 0 Å². The number of aromatic nitrogens is 1. The van der Waals surface area contributed by atoms with Crippen molar-refractivity contribution in [1.29, 1.82) is 0 Å². The largest absolute Gasteiger partial charge is 0.396 e. The van der Waals surface area contributed by atoms with Crippen molar-refractivity contribution in [3.8, 4) is 0 Å². The lowest BCUT2D eigenvalue weighted by Gasteiger charge is -2.30. The lowest BCUT2D eigenvalue weighted by atomic mass is 9.85. The standard InChI is InChI=1S/C13H18N2O2/c16-9-11-4-1-2-6-12(11)15-13(17)10-5-3-7-14-8-10/h3,5,7-8,11-12,16H,1-2,4,6,9H2,(H,15,17). The first-order valence-electron chi connectivity index (χ1n) is 6.13. The summed E-state index contributed by atoms with van der Waals surface area (Å²) in [5.74, 6) is 0.104. The fraction of sp³-hybridized carbons (Fsp3) is 0.538. The number of carbonyl (C=O) groups excluding carboxylic acids is 1. The quantitative estimate of drug-likeness (QED) is 0.830. The number of hydrogen-bond acceptors (Lipinski definition) is 3. The first kappa shape index (κ1) is 12.0. The molecule has 2 rings (SSSR count). The molecule has 1 aromatic rings. The molecule has 2 unspecified atom stereocenters. The zero-order valence-electron chi connectivity index (χ0n) is 9.80. The van der Waals surface area contributed by atoms with Gasteiger partial charge in [-0.25, -0.2) is 0 Å². The summed E-state index contributed by atoms with van der Waals surface area (Å²) in [5, 5.41) is 12.3. The summed E-state index contributed by atoms with van der Waals surface area (Å²) in [4.78, 5) is 15.9. The molecule has 1 heterocycles. The number of amides is 1.